The second-order valence-corrected chi connectivity index (χ2v) is 11.7. The molecule has 0 aliphatic heterocycles. The van der Waals surface area contributed by atoms with Crippen LogP contribution in [0.15, 0.2) is 24.3 Å². The van der Waals surface area contributed by atoms with Crippen LogP contribution in [0.2, 0.25) is 0 Å². The maximum absolute atomic E-state index is 13.4. The number of aromatic hydroxyl groups is 1. The molecule has 8 atom stereocenters. The molecule has 0 saturated heterocycles. The monoisotopic (exact) mass is 697 g/mol. The molecular weight excluding hydrogens is 650 g/mol. The molecule has 19 heteroatoms. The molecule has 1 rings (SSSR count). The standard InChI is InChI=1S/C30H47N7O12/c1-13(2)23(30(48)49)36-29(47)24(16(5)40)37-27(45)19(10-17-6-8-18(41)9-7-17)34-21(42)11-32-26(44)20(12-38)35-25(43)14(3)33-28(46)22(31)15(4)39/h6-9,13-16,19-20,22-24,38-41H,10-12,31H2,1-5H3,(H,32,44)(H,33,46)(H,34,42)(H,35,43)(H,36,47)(H,37,45)(H,48,49)/t14-,15+,16+,19-,20-,22-,23-,24-/m0/s1. The fourth-order valence-corrected chi connectivity index (χ4v) is 4.11. The fourth-order valence-electron chi connectivity index (χ4n) is 4.11. The first-order valence-corrected chi connectivity index (χ1v) is 15.3. The fraction of sp³-hybridized carbons (Fsp3) is 0.567. The van der Waals surface area contributed by atoms with Crippen LogP contribution >= 0.6 is 0 Å². The predicted molar refractivity (Wildman–Crippen MR) is 171 cm³/mol. The van der Waals surface area contributed by atoms with E-state index in [0.29, 0.717) is 5.56 Å². The van der Waals surface area contributed by atoms with Gasteiger partial charge >= 0.3 is 5.97 Å². The van der Waals surface area contributed by atoms with Crippen molar-refractivity contribution in [3.8, 4) is 5.75 Å². The molecule has 0 aromatic heterocycles. The van der Waals surface area contributed by atoms with Gasteiger partial charge in [-0.05, 0) is 44.4 Å². The van der Waals surface area contributed by atoms with Crippen LogP contribution in [-0.4, -0.2) is 129 Å². The lowest BCUT2D eigenvalue weighted by Crippen LogP contribution is -2.60. The summed E-state index contributed by atoms with van der Waals surface area (Å²) in [6.45, 7) is 5.17. The molecule has 0 unspecified atom stereocenters. The van der Waals surface area contributed by atoms with Crippen molar-refractivity contribution in [2.24, 2.45) is 11.7 Å². The number of phenols is 1. The van der Waals surface area contributed by atoms with Crippen molar-refractivity contribution in [1.82, 2.24) is 31.9 Å². The van der Waals surface area contributed by atoms with E-state index < -0.39 is 109 Å². The molecule has 49 heavy (non-hydrogen) atoms. The highest BCUT2D eigenvalue weighted by atomic mass is 16.4. The molecule has 274 valence electrons. The Bertz CT molecular complexity index is 1320. The molecule has 0 fully saturated rings. The molecule has 0 saturated carbocycles. The second-order valence-electron chi connectivity index (χ2n) is 11.7. The van der Waals surface area contributed by atoms with Crippen LogP contribution in [0.5, 0.6) is 5.75 Å². The van der Waals surface area contributed by atoms with Crippen LogP contribution in [0.25, 0.3) is 0 Å². The molecule has 0 bridgehead atoms. The minimum atomic E-state index is -1.63. The maximum atomic E-state index is 13.4. The summed E-state index contributed by atoms with van der Waals surface area (Å²) in [6, 6.07) is -2.93. The van der Waals surface area contributed by atoms with E-state index in [0.717, 1.165) is 0 Å². The molecule has 0 radical (unpaired) electrons. The Hall–Kier alpha value is -4.85. The van der Waals surface area contributed by atoms with Gasteiger partial charge in [-0.2, -0.15) is 0 Å². The number of aliphatic hydroxyl groups is 3. The normalized spacial score (nSPS) is 16.0. The Morgan fingerprint density at radius 2 is 1.27 bits per heavy atom. The zero-order chi connectivity index (χ0) is 37.6. The Kier molecular flexibility index (Phi) is 17.1. The number of carbonyl (C=O) groups is 7. The number of rotatable bonds is 19. The van der Waals surface area contributed by atoms with Gasteiger partial charge in [0.05, 0.1) is 25.4 Å². The zero-order valence-electron chi connectivity index (χ0n) is 27.8. The van der Waals surface area contributed by atoms with Crippen LogP contribution < -0.4 is 37.6 Å². The van der Waals surface area contributed by atoms with Gasteiger partial charge in [-0.1, -0.05) is 26.0 Å². The first-order valence-electron chi connectivity index (χ1n) is 15.3. The minimum absolute atomic E-state index is 0.0777. The number of benzene rings is 1. The van der Waals surface area contributed by atoms with E-state index in [1.54, 1.807) is 13.8 Å². The average molecular weight is 698 g/mol. The topological polar surface area (TPSA) is 319 Å². The Morgan fingerprint density at radius 3 is 1.76 bits per heavy atom. The number of carboxylic acids is 1. The number of amides is 6. The number of carboxylic acid groups (broad SMARTS) is 1. The van der Waals surface area contributed by atoms with Gasteiger partial charge < -0.3 is 63.2 Å². The van der Waals surface area contributed by atoms with E-state index in [1.165, 1.54) is 45.0 Å². The number of aliphatic carboxylic acids is 1. The molecule has 0 heterocycles. The zero-order valence-corrected chi connectivity index (χ0v) is 27.8. The summed E-state index contributed by atoms with van der Waals surface area (Å²) >= 11 is 0. The summed E-state index contributed by atoms with van der Waals surface area (Å²) in [7, 11) is 0. The lowest BCUT2D eigenvalue weighted by atomic mass is 10.0. The van der Waals surface area contributed by atoms with Gasteiger partial charge in [-0.3, -0.25) is 28.8 Å². The van der Waals surface area contributed by atoms with Crippen LogP contribution in [0.4, 0.5) is 0 Å². The number of aliphatic hydroxyl groups excluding tert-OH is 3. The molecule has 0 aliphatic carbocycles. The van der Waals surface area contributed by atoms with Crippen LogP contribution in [-0.2, 0) is 40.0 Å². The number of nitrogens with one attached hydrogen (secondary N) is 6. The van der Waals surface area contributed by atoms with E-state index in [9.17, 15) is 59.1 Å². The Balaban J connectivity index is 3.01. The van der Waals surface area contributed by atoms with Gasteiger partial charge in [0.2, 0.25) is 35.4 Å². The maximum Gasteiger partial charge on any atom is 0.326 e. The summed E-state index contributed by atoms with van der Waals surface area (Å²) in [5.74, 6) is -7.57. The van der Waals surface area contributed by atoms with E-state index in [2.05, 4.69) is 31.9 Å². The Labute approximate surface area is 282 Å². The van der Waals surface area contributed by atoms with Gasteiger partial charge in [0.15, 0.2) is 0 Å². The smallest absolute Gasteiger partial charge is 0.326 e. The van der Waals surface area contributed by atoms with Gasteiger partial charge in [-0.15, -0.1) is 0 Å². The predicted octanol–water partition coefficient (Wildman–Crippen LogP) is -4.68. The number of hydrogen-bond acceptors (Lipinski definition) is 12. The second kappa shape index (κ2) is 19.8. The number of carbonyl (C=O) groups excluding carboxylic acids is 6. The van der Waals surface area contributed by atoms with E-state index in [-0.39, 0.29) is 12.2 Å². The van der Waals surface area contributed by atoms with Crippen molar-refractivity contribution < 1.29 is 59.1 Å². The highest BCUT2D eigenvalue weighted by Crippen LogP contribution is 2.12. The van der Waals surface area contributed by atoms with Crippen molar-refractivity contribution in [1.29, 1.82) is 0 Å². The van der Waals surface area contributed by atoms with Gasteiger partial charge in [-0.25, -0.2) is 4.79 Å². The average Bonchev–Trinajstić information content (AvgIpc) is 3.02. The third-order valence-corrected chi connectivity index (χ3v) is 7.13. The molecule has 6 amide bonds. The largest absolute Gasteiger partial charge is 0.508 e. The first kappa shape index (κ1) is 42.2. The van der Waals surface area contributed by atoms with Crippen molar-refractivity contribution in [2.45, 2.75) is 89.5 Å². The molecule has 1 aromatic carbocycles. The van der Waals surface area contributed by atoms with Crippen molar-refractivity contribution in [2.75, 3.05) is 13.2 Å². The summed E-state index contributed by atoms with van der Waals surface area (Å²) in [4.78, 5) is 87.8. The highest BCUT2D eigenvalue weighted by Gasteiger charge is 2.33. The van der Waals surface area contributed by atoms with Gasteiger partial charge in [0, 0.05) is 6.42 Å². The van der Waals surface area contributed by atoms with Crippen molar-refractivity contribution in [3.05, 3.63) is 29.8 Å². The molecule has 19 nitrogen and oxygen atoms in total. The van der Waals surface area contributed by atoms with Crippen LogP contribution in [0.1, 0.15) is 40.2 Å². The molecule has 1 aromatic rings. The van der Waals surface area contributed by atoms with Gasteiger partial charge in [0.1, 0.15) is 42.0 Å². The van der Waals surface area contributed by atoms with Crippen molar-refractivity contribution >= 4 is 41.4 Å². The third-order valence-electron chi connectivity index (χ3n) is 7.13. The van der Waals surface area contributed by atoms with E-state index in [4.69, 9.17) is 5.73 Å². The molecule has 0 spiro atoms. The van der Waals surface area contributed by atoms with Crippen molar-refractivity contribution in [3.63, 3.8) is 0 Å². The minimum Gasteiger partial charge on any atom is -0.508 e. The lowest BCUT2D eigenvalue weighted by Gasteiger charge is -2.27. The van der Waals surface area contributed by atoms with Crippen LogP contribution in [0.3, 0.4) is 0 Å². The number of nitrogens with two attached hydrogens (primary N) is 1. The number of phenolic OH excluding ortho intramolecular Hbond substituents is 1. The van der Waals surface area contributed by atoms with E-state index in [1.807, 2.05) is 0 Å². The molecule has 0 aliphatic rings. The molecular formula is C30H47N7O12. The summed E-state index contributed by atoms with van der Waals surface area (Å²) < 4.78 is 0. The summed E-state index contributed by atoms with van der Waals surface area (Å²) in [6.07, 6.45) is -2.89. The summed E-state index contributed by atoms with van der Waals surface area (Å²) in [5.41, 5.74) is 5.97. The quantitative estimate of drug-likeness (QED) is 0.0648. The highest BCUT2D eigenvalue weighted by molar-refractivity contribution is 5.96. The summed E-state index contributed by atoms with van der Waals surface area (Å²) in [5, 5.41) is 62.0. The SMILES string of the molecule is CC(C)[C@H](NC(=O)[C@@H](NC(=O)[C@H](Cc1ccc(O)cc1)NC(=O)CNC(=O)[C@H](CO)NC(=O)[C@H](C)NC(=O)[C@@H](N)[C@@H](C)O)[C@@H](C)O)C(=O)O. The molecule has 13 N–H and O–H groups in total. The lowest BCUT2D eigenvalue weighted by molar-refractivity contribution is -0.144. The first-order chi connectivity index (χ1) is 22.8. The van der Waals surface area contributed by atoms with E-state index >= 15 is 0 Å². The third kappa shape index (κ3) is 14.0. The van der Waals surface area contributed by atoms with Crippen LogP contribution in [0, 0.1) is 5.92 Å². The van der Waals surface area contributed by atoms with Gasteiger partial charge in [0.25, 0.3) is 0 Å². The number of hydrogen-bond donors (Lipinski definition) is 12. The Morgan fingerprint density at radius 1 is 0.694 bits per heavy atom.